The van der Waals surface area contributed by atoms with Crippen LogP contribution in [-0.4, -0.2) is 29.3 Å². The van der Waals surface area contributed by atoms with Gasteiger partial charge in [0.25, 0.3) is 5.91 Å². The van der Waals surface area contributed by atoms with Crippen LogP contribution in [-0.2, 0) is 0 Å². The van der Waals surface area contributed by atoms with Crippen LogP contribution in [0.5, 0.6) is 0 Å². The lowest BCUT2D eigenvalue weighted by atomic mass is 10.00. The van der Waals surface area contributed by atoms with Gasteiger partial charge in [-0.25, -0.2) is 0 Å². The van der Waals surface area contributed by atoms with Gasteiger partial charge in [0.15, 0.2) is 0 Å². The first-order chi connectivity index (χ1) is 9.72. The molecule has 0 aromatic carbocycles. The number of aryl methyl sites for hydroxylation is 1. The van der Waals surface area contributed by atoms with Gasteiger partial charge in [-0.05, 0) is 37.1 Å². The number of hydrogen-bond acceptors (Lipinski definition) is 5. The van der Waals surface area contributed by atoms with Crippen LogP contribution in [0.2, 0.25) is 0 Å². The maximum Gasteiger partial charge on any atom is 0.256 e. The van der Waals surface area contributed by atoms with Crippen molar-refractivity contribution in [3.8, 4) is 0 Å². The van der Waals surface area contributed by atoms with Gasteiger partial charge < -0.3 is 14.9 Å². The fourth-order valence-corrected chi connectivity index (χ4v) is 2.98. The monoisotopic (exact) mass is 294 g/mol. The van der Waals surface area contributed by atoms with Crippen molar-refractivity contribution in [1.82, 2.24) is 10.5 Å². The van der Waals surface area contributed by atoms with Crippen molar-refractivity contribution in [1.29, 1.82) is 0 Å². The number of aliphatic hydroxyl groups is 1. The van der Waals surface area contributed by atoms with Gasteiger partial charge in [0.2, 0.25) is 0 Å². The molecule has 5 nitrogen and oxygen atoms in total. The van der Waals surface area contributed by atoms with Gasteiger partial charge in [0.1, 0.15) is 11.3 Å². The Hall–Kier alpha value is -1.66. The van der Waals surface area contributed by atoms with Crippen LogP contribution in [0.25, 0.3) is 0 Å². The third-order valence-corrected chi connectivity index (χ3v) is 4.23. The fourth-order valence-electron chi connectivity index (χ4n) is 2.08. The number of thiophene rings is 1. The van der Waals surface area contributed by atoms with Crippen LogP contribution in [0.15, 0.2) is 28.2 Å². The number of amides is 1. The fraction of sp³-hybridized carbons (Fsp3) is 0.429. The van der Waals surface area contributed by atoms with Crippen molar-refractivity contribution in [3.05, 3.63) is 39.9 Å². The highest BCUT2D eigenvalue weighted by Gasteiger charge is 2.15. The largest absolute Gasteiger partial charge is 0.396 e. The first kappa shape index (κ1) is 14.7. The lowest BCUT2D eigenvalue weighted by molar-refractivity contribution is 0.0950. The first-order valence-corrected chi connectivity index (χ1v) is 7.44. The maximum absolute atomic E-state index is 11.9. The molecule has 0 saturated heterocycles. The van der Waals surface area contributed by atoms with E-state index < -0.39 is 0 Å². The zero-order valence-electron chi connectivity index (χ0n) is 11.3. The lowest BCUT2D eigenvalue weighted by Crippen LogP contribution is -2.25. The van der Waals surface area contributed by atoms with E-state index in [4.69, 9.17) is 9.63 Å². The number of nitrogens with zero attached hydrogens (tertiary/aromatic N) is 1. The number of hydrogen-bond donors (Lipinski definition) is 2. The van der Waals surface area contributed by atoms with E-state index in [-0.39, 0.29) is 18.4 Å². The second kappa shape index (κ2) is 7.21. The molecule has 2 aromatic heterocycles. The van der Waals surface area contributed by atoms with Crippen LogP contribution in [0, 0.1) is 6.92 Å². The van der Waals surface area contributed by atoms with Crippen molar-refractivity contribution in [2.75, 3.05) is 13.2 Å². The zero-order chi connectivity index (χ0) is 14.4. The standard InChI is InChI=1S/C14H18N2O3S/c1-10-12(9-16-19-10)14(18)15-6-4-11(5-7-17)13-3-2-8-20-13/h2-3,8-9,11,17H,4-7H2,1H3,(H,15,18)/t11-/m1/s1. The molecular formula is C14H18N2O3S. The molecule has 0 unspecified atom stereocenters. The highest BCUT2D eigenvalue weighted by Crippen LogP contribution is 2.26. The second-order valence-electron chi connectivity index (χ2n) is 4.56. The number of carbonyl (C=O) groups excluding carboxylic acids is 1. The average molecular weight is 294 g/mol. The molecule has 0 spiro atoms. The van der Waals surface area contributed by atoms with Gasteiger partial charge >= 0.3 is 0 Å². The van der Waals surface area contributed by atoms with E-state index in [0.29, 0.717) is 24.3 Å². The minimum absolute atomic E-state index is 0.154. The molecule has 0 aliphatic carbocycles. The number of aromatic nitrogens is 1. The Kier molecular flexibility index (Phi) is 5.31. The molecule has 0 aliphatic rings. The van der Waals surface area contributed by atoms with E-state index in [1.54, 1.807) is 18.3 Å². The summed E-state index contributed by atoms with van der Waals surface area (Å²) in [4.78, 5) is 13.1. The molecule has 20 heavy (non-hydrogen) atoms. The molecule has 2 aromatic rings. The Balaban J connectivity index is 1.85. The van der Waals surface area contributed by atoms with Gasteiger partial charge in [0, 0.05) is 18.0 Å². The van der Waals surface area contributed by atoms with Gasteiger partial charge in [-0.15, -0.1) is 11.3 Å². The highest BCUT2D eigenvalue weighted by atomic mass is 32.1. The lowest BCUT2D eigenvalue weighted by Gasteiger charge is -2.14. The maximum atomic E-state index is 11.9. The van der Waals surface area contributed by atoms with E-state index in [2.05, 4.69) is 16.5 Å². The summed E-state index contributed by atoms with van der Waals surface area (Å²) in [6.45, 7) is 2.43. The normalized spacial score (nSPS) is 12.3. The Bertz CT molecular complexity index is 536. The molecule has 0 saturated carbocycles. The van der Waals surface area contributed by atoms with Crippen LogP contribution < -0.4 is 5.32 Å². The Morgan fingerprint density at radius 1 is 1.55 bits per heavy atom. The molecule has 0 bridgehead atoms. The summed E-state index contributed by atoms with van der Waals surface area (Å²) in [5.41, 5.74) is 0.472. The van der Waals surface area contributed by atoms with E-state index in [9.17, 15) is 4.79 Å². The van der Waals surface area contributed by atoms with Crippen molar-refractivity contribution in [2.45, 2.75) is 25.7 Å². The predicted molar refractivity (Wildman–Crippen MR) is 77.0 cm³/mol. The summed E-state index contributed by atoms with van der Waals surface area (Å²) in [6, 6.07) is 4.07. The molecule has 0 fully saturated rings. The summed E-state index contributed by atoms with van der Waals surface area (Å²) in [5, 5.41) is 17.6. The SMILES string of the molecule is Cc1oncc1C(=O)NCC[C@H](CCO)c1cccs1. The van der Waals surface area contributed by atoms with Gasteiger partial charge in [-0.3, -0.25) is 4.79 Å². The third kappa shape index (κ3) is 3.68. The van der Waals surface area contributed by atoms with E-state index in [0.717, 1.165) is 6.42 Å². The Morgan fingerprint density at radius 2 is 2.40 bits per heavy atom. The number of rotatable bonds is 7. The summed E-state index contributed by atoms with van der Waals surface area (Å²) in [7, 11) is 0. The molecule has 1 amide bonds. The summed E-state index contributed by atoms with van der Waals surface area (Å²) >= 11 is 1.68. The topological polar surface area (TPSA) is 75.4 Å². The van der Waals surface area contributed by atoms with Crippen molar-refractivity contribution in [3.63, 3.8) is 0 Å². The molecule has 2 rings (SSSR count). The van der Waals surface area contributed by atoms with Crippen molar-refractivity contribution < 1.29 is 14.4 Å². The Morgan fingerprint density at radius 3 is 3.00 bits per heavy atom. The minimum Gasteiger partial charge on any atom is -0.396 e. The van der Waals surface area contributed by atoms with Gasteiger partial charge in [-0.2, -0.15) is 0 Å². The van der Waals surface area contributed by atoms with Gasteiger partial charge in [-0.1, -0.05) is 11.2 Å². The molecule has 0 aliphatic heterocycles. The highest BCUT2D eigenvalue weighted by molar-refractivity contribution is 7.10. The summed E-state index contributed by atoms with van der Waals surface area (Å²) < 4.78 is 4.87. The second-order valence-corrected chi connectivity index (χ2v) is 5.54. The van der Waals surface area contributed by atoms with Crippen LogP contribution >= 0.6 is 11.3 Å². The van der Waals surface area contributed by atoms with Crippen LogP contribution in [0.4, 0.5) is 0 Å². The average Bonchev–Trinajstić information content (AvgIpc) is 3.08. The number of aliphatic hydroxyl groups excluding tert-OH is 1. The summed E-state index contributed by atoms with van der Waals surface area (Å²) in [5.74, 6) is 0.634. The third-order valence-electron chi connectivity index (χ3n) is 3.20. The molecule has 0 radical (unpaired) electrons. The molecular weight excluding hydrogens is 276 g/mol. The smallest absolute Gasteiger partial charge is 0.256 e. The van der Waals surface area contributed by atoms with E-state index in [1.807, 2.05) is 11.4 Å². The van der Waals surface area contributed by atoms with E-state index in [1.165, 1.54) is 11.1 Å². The minimum atomic E-state index is -0.169. The summed E-state index contributed by atoms with van der Waals surface area (Å²) in [6.07, 6.45) is 2.94. The van der Waals surface area contributed by atoms with Crippen molar-refractivity contribution in [2.24, 2.45) is 0 Å². The predicted octanol–water partition coefficient (Wildman–Crippen LogP) is 2.33. The molecule has 1 atom stereocenters. The molecule has 2 heterocycles. The van der Waals surface area contributed by atoms with E-state index >= 15 is 0 Å². The van der Waals surface area contributed by atoms with Gasteiger partial charge in [0.05, 0.1) is 6.20 Å². The quantitative estimate of drug-likeness (QED) is 0.822. The first-order valence-electron chi connectivity index (χ1n) is 6.56. The molecule has 108 valence electrons. The van der Waals surface area contributed by atoms with Crippen LogP contribution in [0.1, 0.15) is 39.8 Å². The number of carbonyl (C=O) groups is 1. The number of nitrogens with one attached hydrogen (secondary N) is 1. The zero-order valence-corrected chi connectivity index (χ0v) is 12.2. The van der Waals surface area contributed by atoms with Crippen LogP contribution in [0.3, 0.4) is 0 Å². The molecule has 6 heteroatoms. The Labute approximate surface area is 121 Å². The van der Waals surface area contributed by atoms with Crippen molar-refractivity contribution >= 4 is 17.2 Å². The molecule has 2 N–H and O–H groups in total.